The van der Waals surface area contributed by atoms with Gasteiger partial charge in [-0.1, -0.05) is 78.7 Å². The molecule has 0 spiro atoms. The van der Waals surface area contributed by atoms with E-state index in [0.717, 1.165) is 11.1 Å². The molecule has 8 amide bonds. The number of amides is 8. The lowest BCUT2D eigenvalue weighted by Gasteiger charge is -2.42. The van der Waals surface area contributed by atoms with E-state index in [1.165, 1.54) is 44.5 Å². The van der Waals surface area contributed by atoms with Crippen molar-refractivity contribution in [3.63, 3.8) is 0 Å². The standard InChI is InChI=1S/C61H81BrClN9O15/c1-33(2)50(70-47(73)21-12-13-24-59(6,7)87-55(77)35(4)32-62)54(76)68-41(19-16-26-66-56(64)78)53(75)67-40-23-22-39(38-18-15-25-65-51(38)40)69-57(79)85-46-30-48(74)72(9)42-28-37(29-43(82-10)49(42)63)27-34(3)17-14-20-45(83-11)61(81)31-44(84-58(80)71-61)36(5)52-60(46,8)86-52/h14-15,17-18,20,22-23,25,28-29,33,36,41,44-46,50,52,81H,4,12-13,16,19,21,24,26-27,30-32H2,1-3,5-11H3,(H,67,75)(H,68,76)(H,69,79)(H,70,73)(H,71,80)(H3,64,66,78)/b20-14+,34-17+/t36-,41+,44+,45-,46+,50+,52+,60+,61+/m1/s1. The van der Waals surface area contributed by atoms with Crippen LogP contribution in [0.4, 0.5) is 31.4 Å². The number of epoxide rings is 1. The first-order valence-corrected chi connectivity index (χ1v) is 30.2. The summed E-state index contributed by atoms with van der Waals surface area (Å²) < 4.78 is 35.2. The molecule has 9 atom stereocenters. The molecule has 3 aliphatic heterocycles. The number of carbonyl (C=O) groups is 8. The number of anilines is 3. The number of alkyl halides is 1. The number of hydrogen-bond acceptors (Lipinski definition) is 16. The highest BCUT2D eigenvalue weighted by Crippen LogP contribution is 2.49. The Morgan fingerprint density at radius 1 is 1.05 bits per heavy atom. The first-order valence-electron chi connectivity index (χ1n) is 28.7. The summed E-state index contributed by atoms with van der Waals surface area (Å²) in [6.07, 6.45) is 2.32. The molecule has 0 saturated carbocycles. The van der Waals surface area contributed by atoms with Crippen LogP contribution in [0.2, 0.25) is 5.02 Å². The van der Waals surface area contributed by atoms with E-state index in [-0.39, 0.29) is 65.0 Å². The molecule has 0 unspecified atom stereocenters. The zero-order chi connectivity index (χ0) is 64.1. The summed E-state index contributed by atoms with van der Waals surface area (Å²) in [5.41, 5.74) is 4.06. The Morgan fingerprint density at radius 3 is 2.45 bits per heavy atom. The molecule has 4 bridgehead atoms. The number of allylic oxidation sites excluding steroid dienone is 3. The molecule has 0 radical (unpaired) electrons. The van der Waals surface area contributed by atoms with E-state index in [4.69, 9.17) is 45.8 Å². The Balaban J connectivity index is 1.22. The number of nitrogens with zero attached hydrogens (tertiary/aromatic N) is 2. The van der Waals surface area contributed by atoms with Crippen LogP contribution in [0, 0.1) is 11.8 Å². The lowest BCUT2D eigenvalue weighted by Crippen LogP contribution is -2.63. The number of ether oxygens (including phenoxy) is 6. The second-order valence-corrected chi connectivity index (χ2v) is 24.2. The molecule has 1 aromatic heterocycles. The molecule has 4 heterocycles. The minimum absolute atomic E-state index is 0.0283. The molecule has 9 N–H and O–H groups in total. The number of hydrogen-bond donors (Lipinski definition) is 8. The maximum Gasteiger partial charge on any atom is 0.412 e. The summed E-state index contributed by atoms with van der Waals surface area (Å²) >= 11 is 10.1. The highest BCUT2D eigenvalue weighted by atomic mass is 79.9. The van der Waals surface area contributed by atoms with Crippen molar-refractivity contribution >= 4 is 103 Å². The molecule has 3 aliphatic rings. The fourth-order valence-corrected chi connectivity index (χ4v) is 11.1. The molecule has 87 heavy (non-hydrogen) atoms. The molecule has 26 heteroatoms. The van der Waals surface area contributed by atoms with E-state index >= 15 is 0 Å². The molecule has 6 rings (SSSR count). The van der Waals surface area contributed by atoms with Gasteiger partial charge < -0.3 is 65.4 Å². The third-order valence-corrected chi connectivity index (χ3v) is 16.6. The van der Waals surface area contributed by atoms with Gasteiger partial charge in [0.15, 0.2) is 5.72 Å². The molecule has 0 aliphatic carbocycles. The summed E-state index contributed by atoms with van der Waals surface area (Å²) in [5.74, 6) is -3.46. The predicted molar refractivity (Wildman–Crippen MR) is 330 cm³/mol. The van der Waals surface area contributed by atoms with Crippen molar-refractivity contribution in [1.29, 1.82) is 0 Å². The van der Waals surface area contributed by atoms with Crippen LogP contribution in [0.15, 0.2) is 78.5 Å². The first kappa shape index (κ1) is 68.8. The van der Waals surface area contributed by atoms with Crippen LogP contribution in [0.5, 0.6) is 5.75 Å². The number of urea groups is 1. The number of rotatable bonds is 22. The average molecular weight is 1300 g/mol. The fourth-order valence-electron chi connectivity index (χ4n) is 10.6. The van der Waals surface area contributed by atoms with Crippen LogP contribution < -0.4 is 47.3 Å². The molecule has 2 saturated heterocycles. The van der Waals surface area contributed by atoms with Crippen molar-refractivity contribution in [1.82, 2.24) is 26.3 Å². The minimum atomic E-state index is -1.91. The van der Waals surface area contributed by atoms with Gasteiger partial charge in [-0.3, -0.25) is 34.8 Å². The Labute approximate surface area is 519 Å². The van der Waals surface area contributed by atoms with Crippen LogP contribution in [0.1, 0.15) is 105 Å². The normalized spacial score (nSPS) is 23.9. The molecule has 24 nitrogen and oxygen atoms in total. The molecule has 2 fully saturated rings. The number of aliphatic hydroxyl groups is 1. The number of nitrogens with one attached hydrogen (secondary N) is 6. The number of unbranched alkanes of at least 4 members (excludes halogenated alkanes) is 1. The molecule has 2 aromatic carbocycles. The molecular formula is C61H81BrClN9O15. The van der Waals surface area contributed by atoms with Crippen LogP contribution in [0.3, 0.4) is 0 Å². The van der Waals surface area contributed by atoms with Gasteiger partial charge in [0.05, 0.1) is 42.2 Å². The van der Waals surface area contributed by atoms with Crippen LogP contribution in [-0.2, 0) is 54.1 Å². The van der Waals surface area contributed by atoms with Gasteiger partial charge in [0, 0.05) is 61.9 Å². The van der Waals surface area contributed by atoms with Crippen LogP contribution in [-0.4, -0.2) is 144 Å². The van der Waals surface area contributed by atoms with Gasteiger partial charge in [0.1, 0.15) is 52.4 Å². The maximum atomic E-state index is 14.6. The van der Waals surface area contributed by atoms with Gasteiger partial charge in [-0.05, 0) is 114 Å². The Bertz CT molecular complexity index is 3140. The van der Waals surface area contributed by atoms with E-state index in [1.54, 1.807) is 78.0 Å². The Hall–Kier alpha value is -7.32. The van der Waals surface area contributed by atoms with Gasteiger partial charge in [-0.15, -0.1) is 0 Å². The smallest absolute Gasteiger partial charge is 0.412 e. The van der Waals surface area contributed by atoms with Gasteiger partial charge in [-0.25, -0.2) is 19.2 Å². The lowest BCUT2D eigenvalue weighted by molar-refractivity contribution is -0.152. The van der Waals surface area contributed by atoms with E-state index in [1.807, 2.05) is 13.0 Å². The Kier molecular flexibility index (Phi) is 23.8. The van der Waals surface area contributed by atoms with Crippen molar-refractivity contribution < 1.29 is 71.9 Å². The third-order valence-electron chi connectivity index (χ3n) is 15.6. The van der Waals surface area contributed by atoms with Crippen molar-refractivity contribution in [2.24, 2.45) is 17.6 Å². The monoisotopic (exact) mass is 1290 g/mol. The van der Waals surface area contributed by atoms with Crippen LogP contribution >= 0.6 is 27.5 Å². The second kappa shape index (κ2) is 30.1. The number of carbonyl (C=O) groups excluding carboxylic acids is 8. The van der Waals surface area contributed by atoms with E-state index < -0.39 is 119 Å². The number of alkyl carbamates (subject to hydrolysis) is 1. The van der Waals surface area contributed by atoms with E-state index in [2.05, 4.69) is 59.4 Å². The molecule has 474 valence electrons. The number of methoxy groups -OCH3 is 2. The number of aromatic nitrogens is 1. The number of pyridine rings is 1. The van der Waals surface area contributed by atoms with Crippen molar-refractivity contribution in [2.75, 3.05) is 48.7 Å². The summed E-state index contributed by atoms with van der Waals surface area (Å²) in [5, 5.41) is 29.0. The first-order chi connectivity index (χ1) is 41.0. The van der Waals surface area contributed by atoms with Gasteiger partial charge in [0.25, 0.3) is 0 Å². The number of nitrogens with two attached hydrogens (primary N) is 1. The summed E-state index contributed by atoms with van der Waals surface area (Å²) in [7, 11) is 4.40. The number of fused-ring (bicyclic) bond motifs is 6. The van der Waals surface area contributed by atoms with E-state index in [0.29, 0.717) is 42.5 Å². The minimum Gasteiger partial charge on any atom is -0.495 e. The lowest BCUT2D eigenvalue weighted by atomic mass is 9.83. The largest absolute Gasteiger partial charge is 0.495 e. The topological polar surface area (TPSA) is 330 Å². The van der Waals surface area contributed by atoms with Gasteiger partial charge in [0.2, 0.25) is 23.6 Å². The predicted octanol–water partition coefficient (Wildman–Crippen LogP) is 7.77. The quantitative estimate of drug-likeness (QED) is 0.0119. The number of esters is 1. The van der Waals surface area contributed by atoms with Crippen molar-refractivity contribution in [3.05, 3.63) is 89.1 Å². The highest BCUT2D eigenvalue weighted by Gasteiger charge is 2.64. The average Bonchev–Trinajstić information content (AvgIpc) is 1.61. The van der Waals surface area contributed by atoms with Gasteiger partial charge in [-0.2, -0.15) is 0 Å². The van der Waals surface area contributed by atoms with Crippen molar-refractivity contribution in [2.45, 2.75) is 160 Å². The van der Waals surface area contributed by atoms with Gasteiger partial charge >= 0.3 is 24.2 Å². The zero-order valence-corrected chi connectivity index (χ0v) is 53.1. The number of primary amides is 1. The summed E-state index contributed by atoms with van der Waals surface area (Å²) in [6, 6.07) is 6.75. The van der Waals surface area contributed by atoms with E-state index in [9.17, 15) is 43.5 Å². The van der Waals surface area contributed by atoms with Crippen molar-refractivity contribution in [3.8, 4) is 5.75 Å². The number of halogens is 2. The molecule has 3 aromatic rings. The summed E-state index contributed by atoms with van der Waals surface area (Å²) in [6.45, 7) is 16.1. The Morgan fingerprint density at radius 2 is 1.77 bits per heavy atom. The third kappa shape index (κ3) is 18.1. The SMILES string of the molecule is C=C(CBr)C(=O)OC(C)(C)CCCCC(=O)N[C@H](C(=O)N[C@@H](CCCNC(N)=O)C(=O)Nc1ccc(NC(=O)O[C@H]2CC(=O)N(C)c3cc(cc(OC)c3Cl)C/C(C)=C/C=C/[C@@H](OC)[C@@]3(O)C[C@H](OC(=O)N3)[C@@H](C)[C@@H]3O[C@@]23C)c2cccnc12)C(C)C. The molecular weight excluding hydrogens is 1210 g/mol. The fraction of sp³-hybridized carbons (Fsp3) is 0.525. The maximum absolute atomic E-state index is 14.6. The zero-order valence-electron chi connectivity index (χ0n) is 50.8. The highest BCUT2D eigenvalue weighted by molar-refractivity contribution is 9.09. The number of benzene rings is 2. The van der Waals surface area contributed by atoms with Crippen LogP contribution in [0.25, 0.3) is 10.9 Å². The second-order valence-electron chi connectivity index (χ2n) is 23.2. The summed E-state index contributed by atoms with van der Waals surface area (Å²) in [4.78, 5) is 113.